The summed E-state index contributed by atoms with van der Waals surface area (Å²) in [6.45, 7) is 26.9. The SMILES string of the molecule is C=C(S)C(=C)N(c1c(-n2c3ccccc3c3ccccc32)c(C#N)c(-n2c3ccc(C(C)(C)C)cc3c3cc(C(C)(C)C)c4c5ccccc5sc4c32)c(C#N)c1-n1c2ccccc2c2ccccc21)C(C)C. The number of fused-ring (bicyclic) bond motifs is 13. The minimum absolute atomic E-state index is 0.165. The van der Waals surface area contributed by atoms with E-state index in [2.05, 4.69) is 245 Å². The number of thiol groups is 1. The Bertz CT molecular complexity index is 4200. The molecule has 4 heterocycles. The van der Waals surface area contributed by atoms with Crippen LogP contribution in [0.25, 0.3) is 103 Å². The minimum atomic E-state index is -0.253. The van der Waals surface area contributed by atoms with Crippen LogP contribution in [0, 0.1) is 22.7 Å². The molecule has 0 aliphatic heterocycles. The van der Waals surface area contributed by atoms with Gasteiger partial charge in [-0.1, -0.05) is 152 Å². The van der Waals surface area contributed by atoms with Crippen molar-refractivity contribution in [3.63, 3.8) is 0 Å². The monoisotopic (exact) mass is 982 g/mol. The molecule has 12 aromatic rings. The molecule has 73 heavy (non-hydrogen) atoms. The summed E-state index contributed by atoms with van der Waals surface area (Å²) in [5.41, 5.74) is 11.2. The van der Waals surface area contributed by atoms with Crippen LogP contribution in [-0.4, -0.2) is 19.7 Å². The normalized spacial score (nSPS) is 12.4. The lowest BCUT2D eigenvalue weighted by atomic mass is 9.82. The third-order valence-corrected chi connectivity index (χ3v) is 16.3. The maximum absolute atomic E-state index is 12.5. The molecule has 0 aliphatic rings. The van der Waals surface area contributed by atoms with Crippen LogP contribution in [-0.2, 0) is 10.8 Å². The quantitative estimate of drug-likeness (QED) is 0.128. The highest BCUT2D eigenvalue weighted by Gasteiger charge is 2.37. The number of benzene rings is 8. The van der Waals surface area contributed by atoms with Gasteiger partial charge in [0.1, 0.15) is 23.3 Å². The Labute approximate surface area is 434 Å². The molecule has 12 rings (SSSR count). The third-order valence-electron chi connectivity index (χ3n) is 14.9. The van der Waals surface area contributed by atoms with E-state index in [0.29, 0.717) is 44.5 Å². The Kier molecular flexibility index (Phi) is 10.4. The van der Waals surface area contributed by atoms with E-state index in [4.69, 9.17) is 12.6 Å². The highest BCUT2D eigenvalue weighted by atomic mass is 32.1. The van der Waals surface area contributed by atoms with Gasteiger partial charge in [0.05, 0.1) is 60.5 Å². The first kappa shape index (κ1) is 46.1. The Balaban J connectivity index is 1.44. The van der Waals surface area contributed by atoms with Crippen molar-refractivity contribution in [3.05, 3.63) is 192 Å². The van der Waals surface area contributed by atoms with Crippen LogP contribution in [0.2, 0.25) is 0 Å². The molecular formula is C65H54N6S2. The van der Waals surface area contributed by atoms with Crippen LogP contribution in [0.15, 0.2) is 169 Å². The van der Waals surface area contributed by atoms with Crippen LogP contribution in [0.5, 0.6) is 0 Å². The second-order valence-electron chi connectivity index (χ2n) is 21.7. The van der Waals surface area contributed by atoms with Gasteiger partial charge < -0.3 is 18.6 Å². The molecule has 0 N–H and O–H groups in total. The number of hydrogen-bond acceptors (Lipinski definition) is 5. The van der Waals surface area contributed by atoms with Crippen LogP contribution >= 0.6 is 24.0 Å². The maximum Gasteiger partial charge on any atom is 0.104 e. The number of nitriles is 2. The van der Waals surface area contributed by atoms with Gasteiger partial charge in [0.2, 0.25) is 0 Å². The van der Waals surface area contributed by atoms with Gasteiger partial charge in [-0.05, 0) is 84.3 Å². The fourth-order valence-electron chi connectivity index (χ4n) is 11.6. The van der Waals surface area contributed by atoms with E-state index in [1.807, 2.05) is 0 Å². The highest BCUT2D eigenvalue weighted by Crippen LogP contribution is 2.53. The van der Waals surface area contributed by atoms with E-state index in [9.17, 15) is 10.5 Å². The second kappa shape index (κ2) is 16.5. The molecule has 0 aliphatic carbocycles. The maximum atomic E-state index is 12.5. The molecule has 0 atom stereocenters. The first-order valence-corrected chi connectivity index (χ1v) is 26.1. The smallest absolute Gasteiger partial charge is 0.104 e. The molecule has 0 saturated carbocycles. The van der Waals surface area contributed by atoms with Crippen LogP contribution in [0.4, 0.5) is 5.69 Å². The van der Waals surface area contributed by atoms with E-state index in [1.54, 1.807) is 11.3 Å². The fraction of sp³-hybridized carbons (Fsp3) is 0.169. The molecule has 0 bridgehead atoms. The lowest BCUT2D eigenvalue weighted by molar-refractivity contribution is 0.591. The van der Waals surface area contributed by atoms with Crippen molar-refractivity contribution < 1.29 is 0 Å². The lowest BCUT2D eigenvalue weighted by Crippen LogP contribution is -2.33. The van der Waals surface area contributed by atoms with E-state index in [1.165, 1.54) is 26.6 Å². The summed E-state index contributed by atoms with van der Waals surface area (Å²) < 4.78 is 9.07. The Hall–Kier alpha value is -8.01. The van der Waals surface area contributed by atoms with Gasteiger partial charge in [0, 0.05) is 64.4 Å². The average Bonchev–Trinajstić information content (AvgIpc) is 4.13. The summed E-state index contributed by atoms with van der Waals surface area (Å²) in [4.78, 5) is 2.61. The van der Waals surface area contributed by atoms with Crippen molar-refractivity contribution in [2.75, 3.05) is 4.90 Å². The van der Waals surface area contributed by atoms with Gasteiger partial charge >= 0.3 is 0 Å². The zero-order valence-electron chi connectivity index (χ0n) is 42.4. The summed E-state index contributed by atoms with van der Waals surface area (Å²) in [6.07, 6.45) is 0. The van der Waals surface area contributed by atoms with E-state index in [-0.39, 0.29) is 16.9 Å². The highest BCUT2D eigenvalue weighted by molar-refractivity contribution is 7.84. The Morgan fingerprint density at radius 1 is 0.548 bits per heavy atom. The molecule has 0 saturated heterocycles. The summed E-state index contributed by atoms with van der Waals surface area (Å²) in [5.74, 6) is 0. The summed E-state index contributed by atoms with van der Waals surface area (Å²) in [6, 6.07) is 57.0. The summed E-state index contributed by atoms with van der Waals surface area (Å²) in [7, 11) is 0. The van der Waals surface area contributed by atoms with Gasteiger partial charge in [-0.3, -0.25) is 0 Å². The van der Waals surface area contributed by atoms with Crippen LogP contribution < -0.4 is 4.90 Å². The van der Waals surface area contributed by atoms with E-state index < -0.39 is 0 Å². The number of nitrogens with zero attached hydrogens (tertiary/aromatic N) is 6. The molecular weight excluding hydrogens is 929 g/mol. The van der Waals surface area contributed by atoms with Crippen molar-refractivity contribution in [2.24, 2.45) is 0 Å². The number of anilines is 1. The topological polar surface area (TPSA) is 65.6 Å². The molecule has 6 nitrogen and oxygen atoms in total. The van der Waals surface area contributed by atoms with Crippen molar-refractivity contribution in [3.8, 4) is 29.2 Å². The third kappa shape index (κ3) is 6.67. The fourth-order valence-corrected chi connectivity index (χ4v) is 13.0. The second-order valence-corrected chi connectivity index (χ2v) is 23.2. The van der Waals surface area contributed by atoms with Gasteiger partial charge in [-0.25, -0.2) is 0 Å². The molecule has 0 radical (unpaired) electrons. The summed E-state index contributed by atoms with van der Waals surface area (Å²) >= 11 is 6.69. The number of thiophene rings is 1. The first-order valence-electron chi connectivity index (χ1n) is 24.9. The van der Waals surface area contributed by atoms with Crippen LogP contribution in [0.3, 0.4) is 0 Å². The standard InChI is InChI=1S/C65H54N6S2/c1-37(2)68(38(3)39(4)72)62-59(69-51-26-16-11-21-41(51)42-22-12-17-27-52(42)69)48(35-66)58(49(36-67)60(62)70-53-28-18-13-23-43(53)44-24-14-19-29-54(44)70)71-55-32-31-40(64(5,6)7)33-46(55)47-34-50(65(8,9)10)57-45-25-15-20-30-56(45)73-63(57)61(47)71/h11-34,37,72H,3-4H2,1-2,5-10H3. The predicted octanol–water partition coefficient (Wildman–Crippen LogP) is 17.9. The zero-order valence-corrected chi connectivity index (χ0v) is 44.1. The summed E-state index contributed by atoms with van der Waals surface area (Å²) in [5, 5.41) is 33.7. The van der Waals surface area contributed by atoms with Gasteiger partial charge in [-0.15, -0.1) is 24.0 Å². The average molecular weight is 983 g/mol. The molecule has 0 spiro atoms. The van der Waals surface area contributed by atoms with E-state index >= 15 is 0 Å². The first-order chi connectivity index (χ1) is 35.0. The molecule has 0 fully saturated rings. The van der Waals surface area contributed by atoms with Gasteiger partial charge in [-0.2, -0.15) is 10.5 Å². The van der Waals surface area contributed by atoms with Gasteiger partial charge in [0.15, 0.2) is 0 Å². The molecule has 4 aromatic heterocycles. The molecule has 356 valence electrons. The van der Waals surface area contributed by atoms with Crippen molar-refractivity contribution in [1.29, 1.82) is 10.5 Å². The zero-order chi connectivity index (χ0) is 51.0. The lowest BCUT2D eigenvalue weighted by Gasteiger charge is -2.36. The number of hydrogen-bond donors (Lipinski definition) is 1. The van der Waals surface area contributed by atoms with Crippen molar-refractivity contribution in [2.45, 2.75) is 72.3 Å². The van der Waals surface area contributed by atoms with Crippen molar-refractivity contribution >= 4 is 115 Å². The molecule has 0 unspecified atom stereocenters. The molecule has 0 amide bonds. The number of aromatic nitrogens is 3. The van der Waals surface area contributed by atoms with Gasteiger partial charge in [0.25, 0.3) is 0 Å². The minimum Gasteiger partial charge on any atom is -0.335 e. The molecule has 8 aromatic carbocycles. The largest absolute Gasteiger partial charge is 0.335 e. The number of rotatable bonds is 7. The number of para-hydroxylation sites is 4. The molecule has 8 heteroatoms. The Morgan fingerprint density at radius 2 is 1.00 bits per heavy atom. The van der Waals surface area contributed by atoms with E-state index in [0.717, 1.165) is 70.1 Å². The van der Waals surface area contributed by atoms with Crippen molar-refractivity contribution in [1.82, 2.24) is 13.7 Å². The Morgan fingerprint density at radius 3 is 1.44 bits per heavy atom. The van der Waals surface area contributed by atoms with Crippen LogP contribution in [0.1, 0.15) is 77.6 Å². The predicted molar refractivity (Wildman–Crippen MR) is 314 cm³/mol.